The highest BCUT2D eigenvalue weighted by Gasteiger charge is 2.17. The molecule has 0 amide bonds. The van der Waals surface area contributed by atoms with Crippen LogP contribution in [-0.2, 0) is 17.7 Å². The van der Waals surface area contributed by atoms with Crippen molar-refractivity contribution in [1.82, 2.24) is 14.5 Å². The lowest BCUT2D eigenvalue weighted by Gasteiger charge is -2.20. The van der Waals surface area contributed by atoms with Gasteiger partial charge in [0.2, 0.25) is 0 Å². The summed E-state index contributed by atoms with van der Waals surface area (Å²) in [6.45, 7) is 12.5. The molecule has 0 saturated carbocycles. The number of thiophene rings is 1. The average molecular weight is 414 g/mol. The van der Waals surface area contributed by atoms with Crippen molar-refractivity contribution in [2.75, 3.05) is 33.4 Å². The molecule has 0 fully saturated rings. The largest absolute Gasteiger partial charge is 0.384 e. The Morgan fingerprint density at radius 3 is 2.59 bits per heavy atom. The van der Waals surface area contributed by atoms with Crippen LogP contribution in [-0.4, -0.2) is 47.8 Å². The smallest absolute Gasteiger partial charge is 0.262 e. The predicted octanol–water partition coefficient (Wildman–Crippen LogP) is 4.27. The van der Waals surface area contributed by atoms with Crippen LogP contribution in [0.2, 0.25) is 0 Å². The molecule has 2 heterocycles. The van der Waals surface area contributed by atoms with E-state index in [2.05, 4.69) is 56.2 Å². The van der Waals surface area contributed by atoms with E-state index in [0.717, 1.165) is 46.8 Å². The monoisotopic (exact) mass is 413 g/mol. The zero-order valence-corrected chi connectivity index (χ0v) is 18.9. The number of likely N-dealkylation sites (N-methyl/N-ethyl adjacent to an activating group) is 1. The van der Waals surface area contributed by atoms with Crippen molar-refractivity contribution in [2.24, 2.45) is 0 Å². The fraction of sp³-hybridized carbons (Fsp3) is 0.478. The maximum absolute atomic E-state index is 13.6. The van der Waals surface area contributed by atoms with Gasteiger partial charge in [-0.25, -0.2) is 4.98 Å². The Labute approximate surface area is 177 Å². The Morgan fingerprint density at radius 1 is 1.17 bits per heavy atom. The van der Waals surface area contributed by atoms with Crippen molar-refractivity contribution in [1.29, 1.82) is 0 Å². The van der Waals surface area contributed by atoms with Gasteiger partial charge in [0.05, 0.1) is 12.0 Å². The summed E-state index contributed by atoms with van der Waals surface area (Å²) in [7, 11) is 1.68. The van der Waals surface area contributed by atoms with E-state index in [9.17, 15) is 4.79 Å². The normalized spacial score (nSPS) is 11.7. The highest BCUT2D eigenvalue weighted by atomic mass is 32.1. The molecule has 0 aliphatic carbocycles. The number of methoxy groups -OCH3 is 1. The molecule has 2 aromatic heterocycles. The summed E-state index contributed by atoms with van der Waals surface area (Å²) >= 11 is 1.55. The van der Waals surface area contributed by atoms with E-state index in [1.807, 2.05) is 4.57 Å². The zero-order valence-electron chi connectivity index (χ0n) is 18.1. The molecule has 1 aromatic carbocycles. The molecule has 0 aliphatic heterocycles. The minimum Gasteiger partial charge on any atom is -0.384 e. The first-order chi connectivity index (χ1) is 14.0. The van der Waals surface area contributed by atoms with Gasteiger partial charge in [-0.15, -0.1) is 11.3 Å². The second kappa shape index (κ2) is 9.65. The van der Waals surface area contributed by atoms with E-state index in [0.29, 0.717) is 19.6 Å². The SMILES string of the molecule is CCN(CC)CCn1c(CCOC)nc2scc(-c3ccc(C)c(C)c3)c2c1=O. The number of aryl methyl sites for hydroxylation is 2. The van der Waals surface area contributed by atoms with E-state index >= 15 is 0 Å². The third kappa shape index (κ3) is 4.60. The van der Waals surface area contributed by atoms with Crippen molar-refractivity contribution in [3.05, 3.63) is 50.9 Å². The topological polar surface area (TPSA) is 47.4 Å². The molecule has 3 aromatic rings. The van der Waals surface area contributed by atoms with Crippen LogP contribution in [0.1, 0.15) is 30.8 Å². The maximum Gasteiger partial charge on any atom is 0.262 e. The molecule has 0 spiro atoms. The second-order valence-electron chi connectivity index (χ2n) is 7.38. The molecule has 156 valence electrons. The molecular formula is C23H31N3O2S. The summed E-state index contributed by atoms with van der Waals surface area (Å²) in [4.78, 5) is 21.6. The van der Waals surface area contributed by atoms with Crippen LogP contribution in [0.5, 0.6) is 0 Å². The standard InChI is InChI=1S/C23H31N3O2S/c1-6-25(7-2)11-12-26-20(10-13-28-5)24-22-21(23(26)27)19(15-29-22)18-9-8-16(3)17(4)14-18/h8-9,14-15H,6-7,10-13H2,1-5H3. The van der Waals surface area contributed by atoms with Gasteiger partial charge in [0.25, 0.3) is 5.56 Å². The number of hydrogen-bond donors (Lipinski definition) is 0. The van der Waals surface area contributed by atoms with Crippen LogP contribution >= 0.6 is 11.3 Å². The van der Waals surface area contributed by atoms with Gasteiger partial charge < -0.3 is 9.64 Å². The molecule has 29 heavy (non-hydrogen) atoms. The highest BCUT2D eigenvalue weighted by Crippen LogP contribution is 2.32. The Morgan fingerprint density at radius 2 is 1.93 bits per heavy atom. The van der Waals surface area contributed by atoms with E-state index in [1.54, 1.807) is 18.4 Å². The first kappa shape index (κ1) is 21.7. The first-order valence-corrected chi connectivity index (χ1v) is 11.2. The van der Waals surface area contributed by atoms with Crippen LogP contribution in [0.4, 0.5) is 0 Å². The fourth-order valence-electron chi connectivity index (χ4n) is 3.58. The van der Waals surface area contributed by atoms with Crippen LogP contribution in [0.25, 0.3) is 21.3 Å². The molecule has 0 atom stereocenters. The Balaban J connectivity index is 2.11. The van der Waals surface area contributed by atoms with Crippen molar-refractivity contribution < 1.29 is 4.74 Å². The Hall–Kier alpha value is -2.02. The molecule has 0 radical (unpaired) electrons. The van der Waals surface area contributed by atoms with Crippen molar-refractivity contribution in [3.63, 3.8) is 0 Å². The number of ether oxygens (including phenoxy) is 1. The molecule has 0 N–H and O–H groups in total. The van der Waals surface area contributed by atoms with Crippen molar-refractivity contribution >= 4 is 21.6 Å². The molecule has 3 rings (SSSR count). The van der Waals surface area contributed by atoms with Crippen molar-refractivity contribution in [3.8, 4) is 11.1 Å². The average Bonchev–Trinajstić information content (AvgIpc) is 3.15. The molecule has 0 aliphatic rings. The quantitative estimate of drug-likeness (QED) is 0.526. The number of rotatable bonds is 9. The van der Waals surface area contributed by atoms with E-state index in [1.165, 1.54) is 11.1 Å². The molecular weight excluding hydrogens is 382 g/mol. The lowest BCUT2D eigenvalue weighted by Crippen LogP contribution is -2.33. The predicted molar refractivity (Wildman–Crippen MR) is 122 cm³/mol. The van der Waals surface area contributed by atoms with Gasteiger partial charge in [-0.3, -0.25) is 9.36 Å². The van der Waals surface area contributed by atoms with Gasteiger partial charge in [-0.2, -0.15) is 0 Å². The molecule has 6 heteroatoms. The lowest BCUT2D eigenvalue weighted by molar-refractivity contribution is 0.198. The maximum atomic E-state index is 13.6. The summed E-state index contributed by atoms with van der Waals surface area (Å²) < 4.78 is 7.12. The molecule has 0 saturated heterocycles. The van der Waals surface area contributed by atoms with Crippen LogP contribution in [0.3, 0.4) is 0 Å². The Kier molecular flexibility index (Phi) is 7.22. The summed E-state index contributed by atoms with van der Waals surface area (Å²) in [5, 5.41) is 2.80. The van der Waals surface area contributed by atoms with E-state index < -0.39 is 0 Å². The van der Waals surface area contributed by atoms with Gasteiger partial charge in [0, 0.05) is 37.6 Å². The van der Waals surface area contributed by atoms with Crippen LogP contribution < -0.4 is 5.56 Å². The van der Waals surface area contributed by atoms with Crippen LogP contribution in [0, 0.1) is 13.8 Å². The highest BCUT2D eigenvalue weighted by molar-refractivity contribution is 7.17. The second-order valence-corrected chi connectivity index (χ2v) is 8.24. The third-order valence-electron chi connectivity index (χ3n) is 5.65. The molecule has 0 unspecified atom stereocenters. The third-order valence-corrected chi connectivity index (χ3v) is 6.53. The van der Waals surface area contributed by atoms with Gasteiger partial charge in [0.1, 0.15) is 10.7 Å². The summed E-state index contributed by atoms with van der Waals surface area (Å²) in [5.74, 6) is 0.810. The zero-order chi connectivity index (χ0) is 21.0. The number of hydrogen-bond acceptors (Lipinski definition) is 5. The van der Waals surface area contributed by atoms with E-state index in [-0.39, 0.29) is 5.56 Å². The number of fused-ring (bicyclic) bond motifs is 1. The number of benzene rings is 1. The first-order valence-electron chi connectivity index (χ1n) is 10.3. The van der Waals surface area contributed by atoms with Gasteiger partial charge in [-0.1, -0.05) is 32.0 Å². The molecule has 0 bridgehead atoms. The summed E-state index contributed by atoms with van der Waals surface area (Å²) in [6.07, 6.45) is 0.636. The van der Waals surface area contributed by atoms with Gasteiger partial charge in [-0.05, 0) is 43.6 Å². The minimum atomic E-state index is 0.0581. The number of aromatic nitrogens is 2. The van der Waals surface area contributed by atoms with Crippen molar-refractivity contribution in [2.45, 2.75) is 40.7 Å². The summed E-state index contributed by atoms with van der Waals surface area (Å²) in [6, 6.07) is 6.38. The molecule has 5 nitrogen and oxygen atoms in total. The summed E-state index contributed by atoms with van der Waals surface area (Å²) in [5.41, 5.74) is 4.61. The minimum absolute atomic E-state index is 0.0581. The number of nitrogens with zero attached hydrogens (tertiary/aromatic N) is 3. The van der Waals surface area contributed by atoms with Crippen LogP contribution in [0.15, 0.2) is 28.4 Å². The van der Waals surface area contributed by atoms with E-state index in [4.69, 9.17) is 9.72 Å². The fourth-order valence-corrected chi connectivity index (χ4v) is 4.54. The Bertz CT molecular complexity index is 1030. The lowest BCUT2D eigenvalue weighted by atomic mass is 10.0. The van der Waals surface area contributed by atoms with Gasteiger partial charge in [0.15, 0.2) is 0 Å². The van der Waals surface area contributed by atoms with Gasteiger partial charge >= 0.3 is 0 Å².